The Hall–Kier alpha value is -1.75. The minimum Gasteiger partial charge on any atom is -0.478 e. The fourth-order valence-corrected chi connectivity index (χ4v) is 2.68. The van der Waals surface area contributed by atoms with Crippen LogP contribution in [0.2, 0.25) is 0 Å². The number of fused-ring (bicyclic) bond motifs is 1. The van der Waals surface area contributed by atoms with E-state index in [-0.39, 0.29) is 5.56 Å². The van der Waals surface area contributed by atoms with Gasteiger partial charge in [0.15, 0.2) is 0 Å². The van der Waals surface area contributed by atoms with Gasteiger partial charge in [-0.05, 0) is 36.9 Å². The number of carboxylic acids is 1. The number of aromatic nitrogens is 1. The Morgan fingerprint density at radius 2 is 2.20 bits per heavy atom. The van der Waals surface area contributed by atoms with Gasteiger partial charge in [0.25, 0.3) is 0 Å². The summed E-state index contributed by atoms with van der Waals surface area (Å²) in [7, 11) is 0. The summed E-state index contributed by atoms with van der Waals surface area (Å²) in [6.45, 7) is 4.25. The van der Waals surface area contributed by atoms with E-state index in [0.29, 0.717) is 16.9 Å². The summed E-state index contributed by atoms with van der Waals surface area (Å²) in [4.78, 5) is 15.6. The number of aromatic carboxylic acids is 1. The van der Waals surface area contributed by atoms with Gasteiger partial charge in [-0.15, -0.1) is 0 Å². The first kappa shape index (κ1) is 14.7. The second kappa shape index (κ2) is 6.61. The molecule has 2 aromatic rings. The van der Waals surface area contributed by atoms with E-state index in [4.69, 9.17) is 5.11 Å². The molecule has 0 spiro atoms. The standard InChI is InChI=1S/C15H18N2O2S/c1-3-20-9-10(2)16-14-8-7-11-12(15(18)19)5-4-6-13(11)17-14/h4-8,10H,3,9H2,1-2H3,(H,16,17)(H,18,19). The van der Waals surface area contributed by atoms with Gasteiger partial charge in [-0.2, -0.15) is 11.8 Å². The topological polar surface area (TPSA) is 62.2 Å². The predicted molar refractivity (Wildman–Crippen MR) is 84.8 cm³/mol. The third-order valence-electron chi connectivity index (χ3n) is 2.93. The SMILES string of the molecule is CCSCC(C)Nc1ccc2c(C(=O)O)cccc2n1. The van der Waals surface area contributed by atoms with Crippen molar-refractivity contribution in [1.82, 2.24) is 4.98 Å². The van der Waals surface area contributed by atoms with E-state index in [0.717, 1.165) is 17.3 Å². The van der Waals surface area contributed by atoms with Gasteiger partial charge in [0.05, 0.1) is 11.1 Å². The van der Waals surface area contributed by atoms with Gasteiger partial charge in [-0.25, -0.2) is 9.78 Å². The van der Waals surface area contributed by atoms with Gasteiger partial charge in [0, 0.05) is 17.2 Å². The van der Waals surface area contributed by atoms with Crippen molar-refractivity contribution in [2.45, 2.75) is 19.9 Å². The van der Waals surface area contributed by atoms with Crippen molar-refractivity contribution in [3.8, 4) is 0 Å². The summed E-state index contributed by atoms with van der Waals surface area (Å²) in [5.41, 5.74) is 0.987. The number of anilines is 1. The summed E-state index contributed by atoms with van der Waals surface area (Å²) in [5.74, 6) is 1.97. The van der Waals surface area contributed by atoms with Gasteiger partial charge in [0.2, 0.25) is 0 Å². The number of rotatable bonds is 6. The maximum Gasteiger partial charge on any atom is 0.336 e. The smallest absolute Gasteiger partial charge is 0.336 e. The lowest BCUT2D eigenvalue weighted by atomic mass is 10.1. The Morgan fingerprint density at radius 1 is 1.40 bits per heavy atom. The first-order valence-corrected chi connectivity index (χ1v) is 7.74. The van der Waals surface area contributed by atoms with Crippen molar-refractivity contribution >= 4 is 34.5 Å². The van der Waals surface area contributed by atoms with Crippen molar-refractivity contribution in [3.05, 3.63) is 35.9 Å². The highest BCUT2D eigenvalue weighted by Gasteiger charge is 2.09. The van der Waals surface area contributed by atoms with E-state index in [1.165, 1.54) is 0 Å². The van der Waals surface area contributed by atoms with E-state index in [2.05, 4.69) is 24.1 Å². The molecular weight excluding hydrogens is 272 g/mol. The molecule has 1 heterocycles. The molecule has 0 fully saturated rings. The maximum absolute atomic E-state index is 11.1. The van der Waals surface area contributed by atoms with E-state index >= 15 is 0 Å². The van der Waals surface area contributed by atoms with Crippen LogP contribution in [-0.2, 0) is 0 Å². The van der Waals surface area contributed by atoms with Crippen LogP contribution < -0.4 is 5.32 Å². The van der Waals surface area contributed by atoms with Crippen LogP contribution >= 0.6 is 11.8 Å². The van der Waals surface area contributed by atoms with Gasteiger partial charge < -0.3 is 10.4 Å². The van der Waals surface area contributed by atoms with E-state index in [9.17, 15) is 4.79 Å². The van der Waals surface area contributed by atoms with E-state index in [1.807, 2.05) is 30.0 Å². The minimum atomic E-state index is -0.925. The molecule has 1 aromatic heterocycles. The van der Waals surface area contributed by atoms with Crippen LogP contribution in [-0.4, -0.2) is 33.6 Å². The number of carboxylic acid groups (broad SMARTS) is 1. The lowest BCUT2D eigenvalue weighted by Gasteiger charge is -2.14. The Labute approximate surface area is 122 Å². The molecule has 1 atom stereocenters. The number of thioether (sulfide) groups is 1. The number of nitrogens with zero attached hydrogens (tertiary/aromatic N) is 1. The largest absolute Gasteiger partial charge is 0.478 e. The molecule has 2 N–H and O–H groups in total. The molecule has 0 aliphatic heterocycles. The van der Waals surface area contributed by atoms with Crippen LogP contribution in [0.5, 0.6) is 0 Å². The van der Waals surface area contributed by atoms with Crippen LogP contribution in [0, 0.1) is 0 Å². The molecule has 0 saturated heterocycles. The number of carbonyl (C=O) groups is 1. The van der Waals surface area contributed by atoms with Crippen molar-refractivity contribution in [1.29, 1.82) is 0 Å². The summed E-state index contributed by atoms with van der Waals surface area (Å²) >= 11 is 1.88. The molecule has 1 aromatic carbocycles. The van der Waals surface area contributed by atoms with Gasteiger partial charge in [-0.1, -0.05) is 13.0 Å². The Bertz CT molecular complexity index is 616. The quantitative estimate of drug-likeness (QED) is 0.852. The normalized spacial score (nSPS) is 12.3. The molecular formula is C15H18N2O2S. The van der Waals surface area contributed by atoms with E-state index < -0.39 is 5.97 Å². The molecule has 0 bridgehead atoms. The average Bonchev–Trinajstić information content (AvgIpc) is 2.44. The lowest BCUT2D eigenvalue weighted by molar-refractivity contribution is 0.0699. The molecule has 2 rings (SSSR count). The first-order valence-electron chi connectivity index (χ1n) is 6.59. The summed E-state index contributed by atoms with van der Waals surface area (Å²) in [6, 6.07) is 9.13. The van der Waals surface area contributed by atoms with Crippen molar-refractivity contribution in [2.24, 2.45) is 0 Å². The number of hydrogen-bond donors (Lipinski definition) is 2. The zero-order valence-corrected chi connectivity index (χ0v) is 12.4. The third-order valence-corrected chi connectivity index (χ3v) is 4.07. The zero-order chi connectivity index (χ0) is 14.5. The maximum atomic E-state index is 11.1. The predicted octanol–water partition coefficient (Wildman–Crippen LogP) is 3.49. The Balaban J connectivity index is 2.24. The molecule has 0 aliphatic carbocycles. The van der Waals surface area contributed by atoms with Crippen LogP contribution in [0.1, 0.15) is 24.2 Å². The van der Waals surface area contributed by atoms with Gasteiger partial charge in [0.1, 0.15) is 5.82 Å². The second-order valence-electron chi connectivity index (χ2n) is 4.58. The van der Waals surface area contributed by atoms with Crippen LogP contribution in [0.15, 0.2) is 30.3 Å². The number of hydrogen-bond acceptors (Lipinski definition) is 4. The molecule has 4 nitrogen and oxygen atoms in total. The minimum absolute atomic E-state index is 0.288. The fourth-order valence-electron chi connectivity index (χ4n) is 2.01. The number of pyridine rings is 1. The van der Waals surface area contributed by atoms with Crippen LogP contribution in [0.25, 0.3) is 10.9 Å². The summed E-state index contributed by atoms with van der Waals surface area (Å²) in [5, 5.41) is 13.2. The van der Waals surface area contributed by atoms with Crippen LogP contribution in [0.4, 0.5) is 5.82 Å². The van der Waals surface area contributed by atoms with Crippen LogP contribution in [0.3, 0.4) is 0 Å². The summed E-state index contributed by atoms with van der Waals surface area (Å²) < 4.78 is 0. The molecule has 0 aliphatic rings. The van der Waals surface area contributed by atoms with Gasteiger partial charge >= 0.3 is 5.97 Å². The van der Waals surface area contributed by atoms with Crippen molar-refractivity contribution < 1.29 is 9.90 Å². The average molecular weight is 290 g/mol. The monoisotopic (exact) mass is 290 g/mol. The Morgan fingerprint density at radius 3 is 2.90 bits per heavy atom. The highest BCUT2D eigenvalue weighted by Crippen LogP contribution is 2.20. The number of benzene rings is 1. The molecule has 0 saturated carbocycles. The molecule has 106 valence electrons. The second-order valence-corrected chi connectivity index (χ2v) is 5.90. The highest BCUT2D eigenvalue weighted by molar-refractivity contribution is 7.99. The highest BCUT2D eigenvalue weighted by atomic mass is 32.2. The zero-order valence-electron chi connectivity index (χ0n) is 11.6. The van der Waals surface area contributed by atoms with E-state index in [1.54, 1.807) is 12.1 Å². The van der Waals surface area contributed by atoms with Crippen molar-refractivity contribution in [2.75, 3.05) is 16.8 Å². The molecule has 20 heavy (non-hydrogen) atoms. The van der Waals surface area contributed by atoms with Gasteiger partial charge in [-0.3, -0.25) is 0 Å². The van der Waals surface area contributed by atoms with Crippen molar-refractivity contribution in [3.63, 3.8) is 0 Å². The number of nitrogens with one attached hydrogen (secondary N) is 1. The lowest BCUT2D eigenvalue weighted by Crippen LogP contribution is -2.18. The summed E-state index contributed by atoms with van der Waals surface area (Å²) in [6.07, 6.45) is 0. The Kier molecular flexibility index (Phi) is 4.84. The fraction of sp³-hybridized carbons (Fsp3) is 0.333. The molecule has 1 unspecified atom stereocenters. The molecule has 0 amide bonds. The molecule has 5 heteroatoms. The first-order chi connectivity index (χ1) is 9.61. The molecule has 0 radical (unpaired) electrons. The third kappa shape index (κ3) is 3.42.